The fourth-order valence-corrected chi connectivity index (χ4v) is 2.67. The minimum Gasteiger partial charge on any atom is -0.256 e. The van der Waals surface area contributed by atoms with Crippen LogP contribution in [0.1, 0.15) is 5.56 Å². The minimum absolute atomic E-state index is 0.0807. The standard InChI is InChI=1S/C17H14N2O2S/c18-22(20,21)17-9-7-16(8-10-17)19-12-13-5-6-14-3-1-2-4-15(14)11-13/h1-12H,(H2,18,20,21). The molecule has 110 valence electrons. The van der Waals surface area contributed by atoms with Gasteiger partial charge in [0.2, 0.25) is 10.0 Å². The second-order valence-corrected chi connectivity index (χ2v) is 6.47. The van der Waals surface area contributed by atoms with Gasteiger partial charge in [-0.05, 0) is 46.7 Å². The van der Waals surface area contributed by atoms with E-state index in [1.807, 2.05) is 30.3 Å². The molecule has 3 aromatic carbocycles. The van der Waals surface area contributed by atoms with E-state index in [0.717, 1.165) is 10.9 Å². The first-order valence-corrected chi connectivity index (χ1v) is 8.23. The molecule has 0 atom stereocenters. The molecule has 0 spiro atoms. The fraction of sp³-hybridized carbons (Fsp3) is 0. The third-order valence-electron chi connectivity index (χ3n) is 3.30. The maximum Gasteiger partial charge on any atom is 0.238 e. The van der Waals surface area contributed by atoms with Crippen molar-refractivity contribution in [3.05, 3.63) is 72.3 Å². The van der Waals surface area contributed by atoms with E-state index in [1.54, 1.807) is 18.3 Å². The number of hydrogen-bond donors (Lipinski definition) is 1. The molecule has 0 amide bonds. The highest BCUT2D eigenvalue weighted by Crippen LogP contribution is 2.17. The van der Waals surface area contributed by atoms with Crippen molar-refractivity contribution in [1.82, 2.24) is 0 Å². The van der Waals surface area contributed by atoms with E-state index in [4.69, 9.17) is 5.14 Å². The van der Waals surface area contributed by atoms with E-state index in [1.165, 1.54) is 17.5 Å². The Morgan fingerprint density at radius 1 is 0.864 bits per heavy atom. The molecule has 0 radical (unpaired) electrons. The lowest BCUT2D eigenvalue weighted by molar-refractivity contribution is 0.598. The normalized spacial score (nSPS) is 12.0. The van der Waals surface area contributed by atoms with Crippen molar-refractivity contribution in [3.8, 4) is 0 Å². The molecule has 0 saturated heterocycles. The Balaban J connectivity index is 1.86. The van der Waals surface area contributed by atoms with E-state index < -0.39 is 10.0 Å². The molecule has 3 rings (SSSR count). The van der Waals surface area contributed by atoms with Crippen molar-refractivity contribution >= 4 is 32.7 Å². The predicted octanol–water partition coefficient (Wildman–Crippen LogP) is 3.24. The van der Waals surface area contributed by atoms with Crippen LogP contribution in [0.2, 0.25) is 0 Å². The summed E-state index contributed by atoms with van der Waals surface area (Å²) in [6.45, 7) is 0. The van der Waals surface area contributed by atoms with Gasteiger partial charge in [0.25, 0.3) is 0 Å². The van der Waals surface area contributed by atoms with Gasteiger partial charge in [-0.2, -0.15) is 0 Å². The second-order valence-electron chi connectivity index (χ2n) is 4.90. The summed E-state index contributed by atoms with van der Waals surface area (Å²) in [5, 5.41) is 7.39. The summed E-state index contributed by atoms with van der Waals surface area (Å²) in [6, 6.07) is 20.3. The first-order chi connectivity index (χ1) is 10.5. The van der Waals surface area contributed by atoms with Crippen LogP contribution >= 0.6 is 0 Å². The first kappa shape index (κ1) is 14.4. The van der Waals surface area contributed by atoms with E-state index >= 15 is 0 Å². The molecular weight excluding hydrogens is 296 g/mol. The van der Waals surface area contributed by atoms with Crippen LogP contribution in [0.25, 0.3) is 10.8 Å². The lowest BCUT2D eigenvalue weighted by Crippen LogP contribution is -2.11. The summed E-state index contributed by atoms with van der Waals surface area (Å²) >= 11 is 0. The Kier molecular flexibility index (Phi) is 3.75. The van der Waals surface area contributed by atoms with Crippen LogP contribution < -0.4 is 5.14 Å². The lowest BCUT2D eigenvalue weighted by Gasteiger charge is -2.00. The number of benzene rings is 3. The highest BCUT2D eigenvalue weighted by atomic mass is 32.2. The SMILES string of the molecule is NS(=O)(=O)c1ccc(N=Cc2ccc3ccccc3c2)cc1. The molecule has 22 heavy (non-hydrogen) atoms. The zero-order valence-corrected chi connectivity index (χ0v) is 12.5. The van der Waals surface area contributed by atoms with Crippen molar-refractivity contribution < 1.29 is 8.42 Å². The van der Waals surface area contributed by atoms with Crippen LogP contribution in [-0.2, 0) is 10.0 Å². The van der Waals surface area contributed by atoms with Crippen LogP contribution in [0.5, 0.6) is 0 Å². The smallest absolute Gasteiger partial charge is 0.238 e. The molecule has 3 aromatic rings. The molecule has 0 unspecified atom stereocenters. The molecule has 2 N–H and O–H groups in total. The quantitative estimate of drug-likeness (QED) is 0.754. The van der Waals surface area contributed by atoms with E-state index in [2.05, 4.69) is 17.1 Å². The molecule has 0 aliphatic rings. The Labute approximate surface area is 129 Å². The van der Waals surface area contributed by atoms with Crippen LogP contribution in [0.4, 0.5) is 5.69 Å². The third-order valence-corrected chi connectivity index (χ3v) is 4.23. The average molecular weight is 310 g/mol. The van der Waals surface area contributed by atoms with E-state index in [-0.39, 0.29) is 4.90 Å². The van der Waals surface area contributed by atoms with Gasteiger partial charge >= 0.3 is 0 Å². The minimum atomic E-state index is -3.66. The molecule has 0 fully saturated rings. The highest BCUT2D eigenvalue weighted by molar-refractivity contribution is 7.89. The van der Waals surface area contributed by atoms with E-state index in [0.29, 0.717) is 5.69 Å². The number of rotatable bonds is 3. The largest absolute Gasteiger partial charge is 0.256 e. The van der Waals surface area contributed by atoms with Crippen LogP contribution in [0.3, 0.4) is 0 Å². The van der Waals surface area contributed by atoms with Gasteiger partial charge in [0.1, 0.15) is 0 Å². The predicted molar refractivity (Wildman–Crippen MR) is 89.0 cm³/mol. The van der Waals surface area contributed by atoms with E-state index in [9.17, 15) is 8.42 Å². The number of aliphatic imine (C=N–C) groups is 1. The van der Waals surface area contributed by atoms with Gasteiger partial charge in [0.15, 0.2) is 0 Å². The van der Waals surface area contributed by atoms with Crippen molar-refractivity contribution in [2.24, 2.45) is 10.1 Å². The monoisotopic (exact) mass is 310 g/mol. The number of primary sulfonamides is 1. The molecule has 0 aliphatic carbocycles. The molecule has 5 heteroatoms. The zero-order valence-electron chi connectivity index (χ0n) is 11.7. The molecule has 0 heterocycles. The fourth-order valence-electron chi connectivity index (χ4n) is 2.16. The van der Waals surface area contributed by atoms with Crippen molar-refractivity contribution in [2.75, 3.05) is 0 Å². The maximum absolute atomic E-state index is 11.2. The molecule has 0 aromatic heterocycles. The Bertz CT molecular complexity index is 946. The van der Waals surface area contributed by atoms with Crippen LogP contribution in [-0.4, -0.2) is 14.6 Å². The zero-order chi connectivity index (χ0) is 15.6. The topological polar surface area (TPSA) is 72.5 Å². The third kappa shape index (κ3) is 3.21. The van der Waals surface area contributed by atoms with Crippen molar-refractivity contribution in [1.29, 1.82) is 0 Å². The van der Waals surface area contributed by atoms with Crippen LogP contribution in [0, 0.1) is 0 Å². The van der Waals surface area contributed by atoms with Gasteiger partial charge in [0, 0.05) is 6.21 Å². The number of hydrogen-bond acceptors (Lipinski definition) is 3. The summed E-state index contributed by atoms with van der Waals surface area (Å²) in [7, 11) is -3.66. The molecule has 0 saturated carbocycles. The van der Waals surface area contributed by atoms with Gasteiger partial charge in [0.05, 0.1) is 10.6 Å². The van der Waals surface area contributed by atoms with Crippen molar-refractivity contribution in [2.45, 2.75) is 4.90 Å². The molecule has 0 aliphatic heterocycles. The summed E-state index contributed by atoms with van der Waals surface area (Å²) < 4.78 is 22.4. The Morgan fingerprint density at radius 3 is 2.23 bits per heavy atom. The average Bonchev–Trinajstić information content (AvgIpc) is 2.52. The number of fused-ring (bicyclic) bond motifs is 1. The molecule has 0 bridgehead atoms. The summed E-state index contributed by atoms with van der Waals surface area (Å²) in [4.78, 5) is 4.43. The summed E-state index contributed by atoms with van der Waals surface area (Å²) in [5.74, 6) is 0. The van der Waals surface area contributed by atoms with Gasteiger partial charge in [-0.3, -0.25) is 4.99 Å². The first-order valence-electron chi connectivity index (χ1n) is 6.68. The lowest BCUT2D eigenvalue weighted by atomic mass is 10.1. The Hall–Kier alpha value is -2.50. The van der Waals surface area contributed by atoms with Gasteiger partial charge in [-0.1, -0.05) is 36.4 Å². The number of sulfonamides is 1. The summed E-state index contributed by atoms with van der Waals surface area (Å²) in [5.41, 5.74) is 1.65. The Morgan fingerprint density at radius 2 is 1.55 bits per heavy atom. The van der Waals surface area contributed by atoms with Crippen LogP contribution in [0.15, 0.2) is 76.6 Å². The molecular formula is C17H14N2O2S. The van der Waals surface area contributed by atoms with Gasteiger partial charge in [-0.15, -0.1) is 0 Å². The van der Waals surface area contributed by atoms with Crippen molar-refractivity contribution in [3.63, 3.8) is 0 Å². The van der Waals surface area contributed by atoms with Gasteiger partial charge in [-0.25, -0.2) is 13.6 Å². The molecule has 4 nitrogen and oxygen atoms in total. The maximum atomic E-state index is 11.2. The summed E-state index contributed by atoms with van der Waals surface area (Å²) in [6.07, 6.45) is 1.75. The van der Waals surface area contributed by atoms with Gasteiger partial charge < -0.3 is 0 Å². The highest BCUT2D eigenvalue weighted by Gasteiger charge is 2.05. The number of nitrogens with zero attached hydrogens (tertiary/aromatic N) is 1. The second kappa shape index (κ2) is 5.71. The number of nitrogens with two attached hydrogens (primary N) is 1.